The van der Waals surface area contributed by atoms with Crippen molar-refractivity contribution in [1.82, 2.24) is 15.0 Å². The highest BCUT2D eigenvalue weighted by molar-refractivity contribution is 7.92. The normalized spacial score (nSPS) is 12.0. The first-order chi connectivity index (χ1) is 16.0. The third-order valence-electron chi connectivity index (χ3n) is 5.43. The maximum Gasteiger partial charge on any atom is 0.255 e. The second-order valence-electron chi connectivity index (χ2n) is 9.09. The average Bonchev–Trinajstić information content (AvgIpc) is 2.77. The van der Waals surface area contributed by atoms with Gasteiger partial charge in [0.15, 0.2) is 0 Å². The lowest BCUT2D eigenvalue weighted by atomic mass is 9.83. The van der Waals surface area contributed by atoms with Gasteiger partial charge in [0.2, 0.25) is 10.0 Å². The van der Waals surface area contributed by atoms with Crippen LogP contribution in [-0.4, -0.2) is 36.7 Å². The molecule has 0 radical (unpaired) electrons. The summed E-state index contributed by atoms with van der Waals surface area (Å²) < 4.78 is 31.1. The fourth-order valence-electron chi connectivity index (χ4n) is 3.86. The minimum Gasteiger partial charge on any atom is -0.496 e. The van der Waals surface area contributed by atoms with Gasteiger partial charge >= 0.3 is 0 Å². The average molecular weight is 479 g/mol. The van der Waals surface area contributed by atoms with Crippen molar-refractivity contribution < 1.29 is 13.2 Å². The molecule has 8 nitrogen and oxygen atoms in total. The Morgan fingerprint density at radius 1 is 1.00 bits per heavy atom. The maximum atomic E-state index is 12.6. The second-order valence-corrected chi connectivity index (χ2v) is 10.8. The van der Waals surface area contributed by atoms with Crippen LogP contribution in [0.1, 0.15) is 26.3 Å². The molecule has 3 aromatic heterocycles. The smallest absolute Gasteiger partial charge is 0.255 e. The molecule has 9 heteroatoms. The minimum absolute atomic E-state index is 0.196. The number of methoxy groups -OCH3 is 1. The predicted octanol–water partition coefficient (Wildman–Crippen LogP) is 4.33. The number of aromatic amines is 1. The van der Waals surface area contributed by atoms with Crippen molar-refractivity contribution in [2.45, 2.75) is 26.2 Å². The highest BCUT2D eigenvalue weighted by atomic mass is 32.2. The third-order valence-corrected chi connectivity index (χ3v) is 6.01. The number of fused-ring (bicyclic) bond motifs is 1. The monoisotopic (exact) mass is 478 g/mol. The van der Waals surface area contributed by atoms with E-state index < -0.39 is 10.0 Å². The number of hydrogen-bond donors (Lipinski definition) is 2. The fourth-order valence-corrected chi connectivity index (χ4v) is 4.37. The Morgan fingerprint density at radius 2 is 1.74 bits per heavy atom. The predicted molar refractivity (Wildman–Crippen MR) is 135 cm³/mol. The van der Waals surface area contributed by atoms with Crippen LogP contribution in [-0.2, 0) is 15.4 Å². The van der Waals surface area contributed by atoms with Crippen LogP contribution in [0.15, 0.2) is 59.8 Å². The first-order valence-corrected chi connectivity index (χ1v) is 12.5. The molecule has 0 aliphatic carbocycles. The van der Waals surface area contributed by atoms with Gasteiger partial charge in [-0.1, -0.05) is 20.8 Å². The Hall–Kier alpha value is -3.72. The number of pyridine rings is 3. The summed E-state index contributed by atoms with van der Waals surface area (Å²) in [4.78, 5) is 24.3. The van der Waals surface area contributed by atoms with E-state index in [1.807, 2.05) is 12.1 Å². The van der Waals surface area contributed by atoms with Crippen LogP contribution in [0.5, 0.6) is 5.75 Å². The molecule has 1 aromatic carbocycles. The Kier molecular flexibility index (Phi) is 5.91. The van der Waals surface area contributed by atoms with Crippen LogP contribution in [0.2, 0.25) is 0 Å². The Morgan fingerprint density at radius 3 is 2.32 bits per heavy atom. The number of sulfonamides is 1. The maximum absolute atomic E-state index is 12.6. The van der Waals surface area contributed by atoms with E-state index in [4.69, 9.17) is 9.72 Å². The van der Waals surface area contributed by atoms with Crippen molar-refractivity contribution in [3.8, 4) is 28.0 Å². The molecule has 4 aromatic rings. The summed E-state index contributed by atoms with van der Waals surface area (Å²) in [6, 6.07) is 10.9. The lowest BCUT2D eigenvalue weighted by Gasteiger charge is -2.25. The van der Waals surface area contributed by atoms with Crippen LogP contribution in [0.4, 0.5) is 5.82 Å². The van der Waals surface area contributed by atoms with Gasteiger partial charge in [-0.25, -0.2) is 13.4 Å². The molecular formula is C25H26N4O4S. The van der Waals surface area contributed by atoms with E-state index in [0.717, 1.165) is 33.9 Å². The van der Waals surface area contributed by atoms with Crippen LogP contribution in [0, 0.1) is 0 Å². The molecule has 3 heterocycles. The zero-order valence-corrected chi connectivity index (χ0v) is 20.4. The number of rotatable bonds is 5. The molecule has 2 N–H and O–H groups in total. The van der Waals surface area contributed by atoms with Crippen LogP contribution < -0.4 is 15.0 Å². The van der Waals surface area contributed by atoms with Crippen molar-refractivity contribution in [2.75, 3.05) is 18.1 Å². The van der Waals surface area contributed by atoms with Crippen LogP contribution in [0.25, 0.3) is 33.2 Å². The van der Waals surface area contributed by atoms with Gasteiger partial charge in [-0.15, -0.1) is 0 Å². The summed E-state index contributed by atoms with van der Waals surface area (Å²) >= 11 is 0. The molecule has 0 atom stereocenters. The molecule has 0 unspecified atom stereocenters. The van der Waals surface area contributed by atoms with E-state index in [0.29, 0.717) is 16.8 Å². The lowest BCUT2D eigenvalue weighted by Crippen LogP contribution is -2.15. The number of nitrogens with one attached hydrogen (secondary N) is 2. The van der Waals surface area contributed by atoms with Crippen LogP contribution >= 0.6 is 0 Å². The first-order valence-electron chi connectivity index (χ1n) is 10.6. The standard InChI is InChI=1S/C25H26N4O4S/c1-25(2,3)20-12-18(17-7-6-10-26-24(17)30)22-19(23(20)33-4)11-16(14-28-22)15-8-9-21(27-13-15)29-34(5,31)32/h6-14H,1-5H3,(H,26,30)(H,27,29). The third kappa shape index (κ3) is 4.65. The summed E-state index contributed by atoms with van der Waals surface area (Å²) in [6.45, 7) is 6.26. The Labute approximate surface area is 198 Å². The molecule has 0 amide bonds. The van der Waals surface area contributed by atoms with E-state index in [2.05, 4.69) is 35.5 Å². The van der Waals surface area contributed by atoms with E-state index in [1.54, 1.807) is 50.0 Å². The van der Waals surface area contributed by atoms with E-state index in [-0.39, 0.29) is 16.8 Å². The SMILES string of the molecule is COc1c(C(C)(C)C)cc(-c2ccc[nH]c2=O)c2ncc(-c3ccc(NS(C)(=O)=O)nc3)cc12. The molecule has 0 aliphatic heterocycles. The fraction of sp³-hybridized carbons (Fsp3) is 0.240. The number of H-pyrrole nitrogens is 1. The molecule has 0 bridgehead atoms. The molecule has 4 rings (SSSR count). The van der Waals surface area contributed by atoms with Gasteiger partial charge < -0.3 is 9.72 Å². The van der Waals surface area contributed by atoms with Gasteiger partial charge in [0.05, 0.1) is 18.9 Å². The van der Waals surface area contributed by atoms with E-state index in [1.165, 1.54) is 0 Å². The largest absolute Gasteiger partial charge is 0.496 e. The van der Waals surface area contributed by atoms with Crippen LogP contribution in [0.3, 0.4) is 0 Å². The second kappa shape index (κ2) is 8.57. The summed E-state index contributed by atoms with van der Waals surface area (Å²) in [6.07, 6.45) is 5.96. The number of anilines is 1. The van der Waals surface area contributed by atoms with Gasteiger partial charge in [-0.3, -0.25) is 14.5 Å². The van der Waals surface area contributed by atoms with Crippen molar-refractivity contribution >= 4 is 26.7 Å². The lowest BCUT2D eigenvalue weighted by molar-refractivity contribution is 0.402. The highest BCUT2D eigenvalue weighted by Gasteiger charge is 2.25. The van der Waals surface area contributed by atoms with E-state index >= 15 is 0 Å². The van der Waals surface area contributed by atoms with Gasteiger partial charge in [0.25, 0.3) is 5.56 Å². The molecule has 176 valence electrons. The summed E-state index contributed by atoms with van der Waals surface area (Å²) in [7, 11) is -1.79. The number of ether oxygens (including phenoxy) is 1. The van der Waals surface area contributed by atoms with Gasteiger partial charge in [-0.2, -0.15) is 0 Å². The quantitative estimate of drug-likeness (QED) is 0.441. The zero-order chi connectivity index (χ0) is 24.7. The molecule has 0 saturated carbocycles. The topological polar surface area (TPSA) is 114 Å². The zero-order valence-electron chi connectivity index (χ0n) is 19.6. The Balaban J connectivity index is 1.96. The van der Waals surface area contributed by atoms with Crippen molar-refractivity contribution in [3.05, 3.63) is 70.9 Å². The molecule has 0 fully saturated rings. The molecule has 34 heavy (non-hydrogen) atoms. The molecular weight excluding hydrogens is 452 g/mol. The van der Waals surface area contributed by atoms with Gasteiger partial charge in [0, 0.05) is 51.8 Å². The number of hydrogen-bond acceptors (Lipinski definition) is 6. The summed E-state index contributed by atoms with van der Waals surface area (Å²) in [5.74, 6) is 0.925. The Bertz CT molecular complexity index is 1540. The number of benzene rings is 1. The van der Waals surface area contributed by atoms with Crippen molar-refractivity contribution in [3.63, 3.8) is 0 Å². The van der Waals surface area contributed by atoms with E-state index in [9.17, 15) is 13.2 Å². The van der Waals surface area contributed by atoms with Crippen molar-refractivity contribution in [2.24, 2.45) is 0 Å². The van der Waals surface area contributed by atoms with Gasteiger partial charge in [-0.05, 0) is 41.8 Å². The molecule has 0 spiro atoms. The minimum atomic E-state index is -3.42. The first kappa shape index (κ1) is 23.4. The highest BCUT2D eigenvalue weighted by Crippen LogP contribution is 2.42. The summed E-state index contributed by atoms with van der Waals surface area (Å²) in [5, 5.41) is 0.768. The molecule has 0 saturated heterocycles. The number of nitrogens with zero attached hydrogens (tertiary/aromatic N) is 2. The van der Waals surface area contributed by atoms with Gasteiger partial charge in [0.1, 0.15) is 11.6 Å². The van der Waals surface area contributed by atoms with Crippen molar-refractivity contribution in [1.29, 1.82) is 0 Å². The molecule has 0 aliphatic rings. The summed E-state index contributed by atoms with van der Waals surface area (Å²) in [5.41, 5.74) is 3.93. The number of aromatic nitrogens is 3.